The molecule has 0 radical (unpaired) electrons. The molecule has 0 atom stereocenters. The molecule has 2 aliphatic rings. The molecule has 0 amide bonds. The Morgan fingerprint density at radius 2 is 1.53 bits per heavy atom. The SMILES string of the molecule is CCCC1CCC(C2(CC)CCCCC2)CC1. The fourth-order valence-corrected chi connectivity index (χ4v) is 4.78. The summed E-state index contributed by atoms with van der Waals surface area (Å²) in [7, 11) is 0. The molecule has 100 valence electrons. The molecule has 0 aliphatic heterocycles. The first-order chi connectivity index (χ1) is 8.30. The summed E-state index contributed by atoms with van der Waals surface area (Å²) < 4.78 is 0. The third-order valence-electron chi connectivity index (χ3n) is 5.96. The summed E-state index contributed by atoms with van der Waals surface area (Å²) in [5.41, 5.74) is 0.773. The van der Waals surface area contributed by atoms with Crippen molar-refractivity contribution in [3.05, 3.63) is 0 Å². The minimum Gasteiger partial charge on any atom is -0.0654 e. The van der Waals surface area contributed by atoms with Gasteiger partial charge in [0.2, 0.25) is 0 Å². The van der Waals surface area contributed by atoms with Crippen LogP contribution in [0, 0.1) is 17.3 Å². The molecule has 0 bridgehead atoms. The molecule has 0 nitrogen and oxygen atoms in total. The van der Waals surface area contributed by atoms with E-state index in [1.54, 1.807) is 38.5 Å². The molecule has 0 spiro atoms. The molecular weight excluding hydrogens is 204 g/mol. The van der Waals surface area contributed by atoms with Crippen molar-refractivity contribution in [3.63, 3.8) is 0 Å². The van der Waals surface area contributed by atoms with E-state index in [9.17, 15) is 0 Å². The van der Waals surface area contributed by atoms with Crippen LogP contribution in [0.4, 0.5) is 0 Å². The third-order valence-corrected chi connectivity index (χ3v) is 5.96. The van der Waals surface area contributed by atoms with E-state index in [4.69, 9.17) is 0 Å². The van der Waals surface area contributed by atoms with E-state index in [1.807, 2.05) is 0 Å². The standard InChI is InChI=1S/C17H32/c1-3-8-15-9-11-16(12-10-15)17(4-2)13-6-5-7-14-17/h15-16H,3-14H2,1-2H3. The average Bonchev–Trinajstić information content (AvgIpc) is 2.41. The van der Waals surface area contributed by atoms with Crippen LogP contribution in [-0.4, -0.2) is 0 Å². The van der Waals surface area contributed by atoms with Gasteiger partial charge in [0.25, 0.3) is 0 Å². The Balaban J connectivity index is 1.89. The van der Waals surface area contributed by atoms with Crippen molar-refractivity contribution in [2.75, 3.05) is 0 Å². The lowest BCUT2D eigenvalue weighted by Crippen LogP contribution is -2.35. The van der Waals surface area contributed by atoms with Crippen LogP contribution in [0.1, 0.15) is 90.9 Å². The van der Waals surface area contributed by atoms with Gasteiger partial charge in [0, 0.05) is 0 Å². The lowest BCUT2D eigenvalue weighted by atomic mass is 9.59. The third kappa shape index (κ3) is 3.06. The van der Waals surface area contributed by atoms with Crippen molar-refractivity contribution < 1.29 is 0 Å². The van der Waals surface area contributed by atoms with E-state index in [0.29, 0.717) is 0 Å². The Bertz CT molecular complexity index is 204. The fraction of sp³-hybridized carbons (Fsp3) is 1.00. The predicted molar refractivity (Wildman–Crippen MR) is 76.2 cm³/mol. The maximum absolute atomic E-state index is 2.46. The first kappa shape index (κ1) is 13.4. The van der Waals surface area contributed by atoms with E-state index in [-0.39, 0.29) is 0 Å². The smallest absolute Gasteiger partial charge is 0.0272 e. The minimum atomic E-state index is 0.773. The van der Waals surface area contributed by atoms with Crippen LogP contribution in [0.15, 0.2) is 0 Å². The summed E-state index contributed by atoms with van der Waals surface area (Å²) in [6, 6.07) is 0. The van der Waals surface area contributed by atoms with Gasteiger partial charge in [-0.3, -0.25) is 0 Å². The Labute approximate surface area is 109 Å². The van der Waals surface area contributed by atoms with Crippen LogP contribution < -0.4 is 0 Å². The van der Waals surface area contributed by atoms with E-state index in [2.05, 4.69) is 13.8 Å². The van der Waals surface area contributed by atoms with E-state index in [0.717, 1.165) is 17.3 Å². The molecule has 0 unspecified atom stereocenters. The number of hydrogen-bond donors (Lipinski definition) is 0. The molecule has 2 aliphatic carbocycles. The van der Waals surface area contributed by atoms with Crippen LogP contribution in [-0.2, 0) is 0 Å². The van der Waals surface area contributed by atoms with Crippen molar-refractivity contribution in [3.8, 4) is 0 Å². The first-order valence-electron chi connectivity index (χ1n) is 8.30. The highest BCUT2D eigenvalue weighted by Gasteiger charge is 2.39. The van der Waals surface area contributed by atoms with Crippen molar-refractivity contribution >= 4 is 0 Å². The Morgan fingerprint density at radius 1 is 0.882 bits per heavy atom. The van der Waals surface area contributed by atoms with E-state index >= 15 is 0 Å². The lowest BCUT2D eigenvalue weighted by molar-refractivity contribution is 0.0498. The zero-order chi connectivity index (χ0) is 12.1. The fourth-order valence-electron chi connectivity index (χ4n) is 4.78. The van der Waals surface area contributed by atoms with Gasteiger partial charge in [0.15, 0.2) is 0 Å². The highest BCUT2D eigenvalue weighted by atomic mass is 14.4. The maximum atomic E-state index is 2.46. The molecule has 0 N–H and O–H groups in total. The molecule has 0 heteroatoms. The topological polar surface area (TPSA) is 0 Å². The van der Waals surface area contributed by atoms with Crippen molar-refractivity contribution in [2.45, 2.75) is 90.9 Å². The van der Waals surface area contributed by atoms with Gasteiger partial charge in [-0.05, 0) is 42.9 Å². The van der Waals surface area contributed by atoms with Crippen LogP contribution in [0.5, 0.6) is 0 Å². The van der Waals surface area contributed by atoms with Gasteiger partial charge in [-0.2, -0.15) is 0 Å². The van der Waals surface area contributed by atoms with Crippen LogP contribution in [0.25, 0.3) is 0 Å². The van der Waals surface area contributed by atoms with Gasteiger partial charge in [-0.1, -0.05) is 65.2 Å². The average molecular weight is 236 g/mol. The monoisotopic (exact) mass is 236 g/mol. The molecular formula is C17H32. The number of hydrogen-bond acceptors (Lipinski definition) is 0. The zero-order valence-corrected chi connectivity index (χ0v) is 12.1. The van der Waals surface area contributed by atoms with Crippen molar-refractivity contribution in [1.82, 2.24) is 0 Å². The van der Waals surface area contributed by atoms with Crippen LogP contribution in [0.3, 0.4) is 0 Å². The maximum Gasteiger partial charge on any atom is -0.0272 e. The molecule has 0 aromatic heterocycles. The van der Waals surface area contributed by atoms with Gasteiger partial charge in [-0.25, -0.2) is 0 Å². The van der Waals surface area contributed by atoms with E-state index in [1.165, 1.54) is 38.5 Å². The van der Waals surface area contributed by atoms with Gasteiger partial charge >= 0.3 is 0 Å². The Morgan fingerprint density at radius 3 is 2.06 bits per heavy atom. The molecule has 2 rings (SSSR count). The number of rotatable bonds is 4. The Hall–Kier alpha value is 0. The van der Waals surface area contributed by atoms with Gasteiger partial charge < -0.3 is 0 Å². The second-order valence-electron chi connectivity index (χ2n) is 6.78. The van der Waals surface area contributed by atoms with Gasteiger partial charge in [0.05, 0.1) is 0 Å². The Kier molecular flexibility index (Phi) is 4.94. The summed E-state index contributed by atoms with van der Waals surface area (Å²) in [5, 5.41) is 0. The quantitative estimate of drug-likeness (QED) is 0.565. The van der Waals surface area contributed by atoms with Crippen LogP contribution in [0.2, 0.25) is 0 Å². The highest BCUT2D eigenvalue weighted by Crippen LogP contribution is 2.51. The summed E-state index contributed by atoms with van der Waals surface area (Å²) in [4.78, 5) is 0. The molecule has 0 heterocycles. The molecule has 0 aromatic carbocycles. The highest BCUT2D eigenvalue weighted by molar-refractivity contribution is 4.90. The summed E-state index contributed by atoms with van der Waals surface area (Å²) in [6.45, 7) is 4.81. The minimum absolute atomic E-state index is 0.773. The second kappa shape index (κ2) is 6.25. The second-order valence-corrected chi connectivity index (χ2v) is 6.78. The van der Waals surface area contributed by atoms with Crippen molar-refractivity contribution in [2.24, 2.45) is 17.3 Å². The van der Waals surface area contributed by atoms with Crippen molar-refractivity contribution in [1.29, 1.82) is 0 Å². The summed E-state index contributed by atoms with van der Waals surface area (Å²) in [6.07, 6.45) is 18.2. The summed E-state index contributed by atoms with van der Waals surface area (Å²) in [5.74, 6) is 2.16. The first-order valence-corrected chi connectivity index (χ1v) is 8.30. The van der Waals surface area contributed by atoms with Gasteiger partial charge in [-0.15, -0.1) is 0 Å². The normalized spacial score (nSPS) is 33.5. The molecule has 2 saturated carbocycles. The largest absolute Gasteiger partial charge is 0.0654 e. The molecule has 0 aromatic rings. The zero-order valence-electron chi connectivity index (χ0n) is 12.1. The molecule has 0 saturated heterocycles. The summed E-state index contributed by atoms with van der Waals surface area (Å²) >= 11 is 0. The lowest BCUT2D eigenvalue weighted by Gasteiger charge is -2.46. The predicted octanol–water partition coefficient (Wildman–Crippen LogP) is 5.95. The van der Waals surface area contributed by atoms with Crippen LogP contribution >= 0.6 is 0 Å². The van der Waals surface area contributed by atoms with E-state index < -0.39 is 0 Å². The van der Waals surface area contributed by atoms with Gasteiger partial charge in [0.1, 0.15) is 0 Å². The molecule has 2 fully saturated rings. The molecule has 17 heavy (non-hydrogen) atoms.